The van der Waals surface area contributed by atoms with Crippen LogP contribution in [0.4, 0.5) is 0 Å². The van der Waals surface area contributed by atoms with Crippen LogP contribution < -0.4 is 4.74 Å². The van der Waals surface area contributed by atoms with Gasteiger partial charge in [-0.25, -0.2) is 0 Å². The largest absolute Gasteiger partial charge is 0.508 e. The van der Waals surface area contributed by atoms with Gasteiger partial charge in [-0.1, -0.05) is 18.2 Å². The monoisotopic (exact) mass is 360 g/mol. The zero-order valence-corrected chi connectivity index (χ0v) is 14.6. The van der Waals surface area contributed by atoms with Crippen molar-refractivity contribution in [3.63, 3.8) is 0 Å². The average molecular weight is 360 g/mol. The fraction of sp³-hybridized carbons (Fsp3) is 0.400. The molecule has 1 heterocycles. The van der Waals surface area contributed by atoms with E-state index in [0.717, 1.165) is 11.1 Å². The van der Waals surface area contributed by atoms with Crippen molar-refractivity contribution in [1.82, 2.24) is 0 Å². The summed E-state index contributed by atoms with van der Waals surface area (Å²) in [5.41, 5.74) is 1.65. The molecule has 0 unspecified atom stereocenters. The van der Waals surface area contributed by atoms with Crippen molar-refractivity contribution in [3.05, 3.63) is 53.6 Å². The fourth-order valence-corrected chi connectivity index (χ4v) is 3.30. The van der Waals surface area contributed by atoms with Gasteiger partial charge in [0.1, 0.15) is 5.75 Å². The van der Waals surface area contributed by atoms with Crippen molar-refractivity contribution >= 4 is 0 Å². The molecule has 4 N–H and O–H groups in total. The number of hydrogen-bond acceptors (Lipinski definition) is 6. The van der Waals surface area contributed by atoms with Crippen molar-refractivity contribution in [1.29, 1.82) is 0 Å². The van der Waals surface area contributed by atoms with Gasteiger partial charge in [0.25, 0.3) is 0 Å². The lowest BCUT2D eigenvalue weighted by atomic mass is 9.92. The van der Waals surface area contributed by atoms with Crippen LogP contribution in [0.2, 0.25) is 0 Å². The molecule has 0 amide bonds. The molecule has 1 fully saturated rings. The summed E-state index contributed by atoms with van der Waals surface area (Å²) in [6, 6.07) is 11.6. The van der Waals surface area contributed by atoms with Crippen LogP contribution in [0.25, 0.3) is 0 Å². The molecule has 1 saturated heterocycles. The number of benzene rings is 2. The number of phenolic OH excluding ortho intramolecular Hbond substituents is 2. The van der Waals surface area contributed by atoms with E-state index in [1.807, 2.05) is 0 Å². The number of aliphatic hydroxyl groups excluding tert-OH is 2. The van der Waals surface area contributed by atoms with Gasteiger partial charge in [0.2, 0.25) is 0 Å². The Morgan fingerprint density at radius 1 is 1.12 bits per heavy atom. The molecule has 0 saturated carbocycles. The van der Waals surface area contributed by atoms with Gasteiger partial charge in [0.05, 0.1) is 31.5 Å². The molecule has 1 aliphatic heterocycles. The third-order valence-corrected chi connectivity index (χ3v) is 4.72. The van der Waals surface area contributed by atoms with Crippen LogP contribution >= 0.6 is 0 Å². The molecule has 0 spiro atoms. The minimum absolute atomic E-state index is 0.0384. The van der Waals surface area contributed by atoms with Crippen molar-refractivity contribution in [2.24, 2.45) is 0 Å². The van der Waals surface area contributed by atoms with E-state index < -0.39 is 24.4 Å². The maximum atomic E-state index is 10.6. The summed E-state index contributed by atoms with van der Waals surface area (Å²) in [6.45, 7) is 0. The standard InChI is InChI=1S/C20H24O6/c1-25-19-9-13(4-7-16(19)23)18-10-15(22)11-20(26-18)17(24)8-12-2-5-14(21)6-3-12/h2-7,9,15,17-18,20-24H,8,10-11H2,1H3/t15-,17-,18-,20+/m1/s1. The second-order valence-corrected chi connectivity index (χ2v) is 6.66. The van der Waals surface area contributed by atoms with E-state index in [0.29, 0.717) is 25.0 Å². The Balaban J connectivity index is 1.72. The summed E-state index contributed by atoms with van der Waals surface area (Å²) in [4.78, 5) is 0. The molecule has 6 heteroatoms. The highest BCUT2D eigenvalue weighted by molar-refractivity contribution is 5.42. The number of rotatable bonds is 5. The Kier molecular flexibility index (Phi) is 5.66. The second-order valence-electron chi connectivity index (χ2n) is 6.66. The first kappa shape index (κ1) is 18.5. The van der Waals surface area contributed by atoms with Gasteiger partial charge < -0.3 is 29.9 Å². The van der Waals surface area contributed by atoms with Crippen molar-refractivity contribution in [2.75, 3.05) is 7.11 Å². The molecule has 6 nitrogen and oxygen atoms in total. The lowest BCUT2D eigenvalue weighted by molar-refractivity contribution is -0.139. The third kappa shape index (κ3) is 4.27. The first-order chi connectivity index (χ1) is 12.5. The Morgan fingerprint density at radius 3 is 2.54 bits per heavy atom. The van der Waals surface area contributed by atoms with Crippen LogP contribution in [0, 0.1) is 0 Å². The molecular formula is C20H24O6. The van der Waals surface area contributed by atoms with E-state index in [1.54, 1.807) is 36.4 Å². The van der Waals surface area contributed by atoms with Gasteiger partial charge in [-0.2, -0.15) is 0 Å². The van der Waals surface area contributed by atoms with E-state index >= 15 is 0 Å². The number of aromatic hydroxyl groups is 2. The van der Waals surface area contributed by atoms with E-state index in [4.69, 9.17) is 9.47 Å². The number of ether oxygens (including phenoxy) is 2. The molecule has 26 heavy (non-hydrogen) atoms. The predicted molar refractivity (Wildman–Crippen MR) is 95.3 cm³/mol. The molecular weight excluding hydrogens is 336 g/mol. The summed E-state index contributed by atoms with van der Waals surface area (Å²) in [6.07, 6.45) is -1.15. The highest BCUT2D eigenvalue weighted by Gasteiger charge is 2.33. The van der Waals surface area contributed by atoms with Gasteiger partial charge in [0, 0.05) is 19.3 Å². The van der Waals surface area contributed by atoms with E-state index in [2.05, 4.69) is 0 Å². The zero-order valence-electron chi connectivity index (χ0n) is 14.6. The van der Waals surface area contributed by atoms with Gasteiger partial charge in [-0.05, 0) is 35.4 Å². The van der Waals surface area contributed by atoms with Crippen molar-refractivity contribution in [3.8, 4) is 17.2 Å². The van der Waals surface area contributed by atoms with Crippen LogP contribution in [0.5, 0.6) is 17.2 Å². The Labute approximate surface area is 152 Å². The SMILES string of the molecule is COc1cc([C@H]2C[C@@H](O)C[C@@H]([C@H](O)Cc3ccc(O)cc3)O2)ccc1O. The Hall–Kier alpha value is -2.28. The zero-order chi connectivity index (χ0) is 18.7. The second kappa shape index (κ2) is 7.95. The van der Waals surface area contributed by atoms with Gasteiger partial charge in [-0.15, -0.1) is 0 Å². The Morgan fingerprint density at radius 2 is 1.85 bits per heavy atom. The first-order valence-corrected chi connectivity index (χ1v) is 8.62. The molecule has 2 aromatic rings. The molecule has 3 rings (SSSR count). The molecule has 1 aliphatic rings. The Bertz CT molecular complexity index is 730. The van der Waals surface area contributed by atoms with Gasteiger partial charge in [-0.3, -0.25) is 0 Å². The van der Waals surface area contributed by atoms with E-state index in [1.165, 1.54) is 13.2 Å². The molecule has 0 radical (unpaired) electrons. The van der Waals surface area contributed by atoms with Gasteiger partial charge >= 0.3 is 0 Å². The lowest BCUT2D eigenvalue weighted by Gasteiger charge is -2.36. The van der Waals surface area contributed by atoms with Crippen LogP contribution in [0.3, 0.4) is 0 Å². The summed E-state index contributed by atoms with van der Waals surface area (Å²) >= 11 is 0. The highest BCUT2D eigenvalue weighted by atomic mass is 16.5. The lowest BCUT2D eigenvalue weighted by Crippen LogP contribution is -2.40. The topological polar surface area (TPSA) is 99.4 Å². The predicted octanol–water partition coefficient (Wildman–Crippen LogP) is 2.29. The first-order valence-electron chi connectivity index (χ1n) is 8.62. The van der Waals surface area contributed by atoms with Crippen LogP contribution in [0.15, 0.2) is 42.5 Å². The molecule has 0 bridgehead atoms. The maximum Gasteiger partial charge on any atom is 0.160 e. The summed E-state index contributed by atoms with van der Waals surface area (Å²) in [5.74, 6) is 0.554. The third-order valence-electron chi connectivity index (χ3n) is 4.72. The number of aliphatic hydroxyl groups is 2. The molecule has 4 atom stereocenters. The summed E-state index contributed by atoms with van der Waals surface area (Å²) < 4.78 is 11.2. The van der Waals surface area contributed by atoms with Crippen LogP contribution in [-0.2, 0) is 11.2 Å². The van der Waals surface area contributed by atoms with Crippen LogP contribution in [0.1, 0.15) is 30.1 Å². The quantitative estimate of drug-likeness (QED) is 0.653. The molecule has 0 aromatic heterocycles. The average Bonchev–Trinajstić information content (AvgIpc) is 2.63. The summed E-state index contributed by atoms with van der Waals surface area (Å²) in [5, 5.41) is 39.9. The molecule has 140 valence electrons. The minimum Gasteiger partial charge on any atom is -0.508 e. The number of hydrogen-bond donors (Lipinski definition) is 4. The number of methoxy groups -OCH3 is 1. The minimum atomic E-state index is -0.781. The molecule has 2 aromatic carbocycles. The highest BCUT2D eigenvalue weighted by Crippen LogP contribution is 2.37. The maximum absolute atomic E-state index is 10.6. The van der Waals surface area contributed by atoms with Crippen molar-refractivity contribution in [2.45, 2.75) is 43.7 Å². The fourth-order valence-electron chi connectivity index (χ4n) is 3.30. The number of phenols is 2. The molecule has 0 aliphatic carbocycles. The smallest absolute Gasteiger partial charge is 0.160 e. The van der Waals surface area contributed by atoms with Gasteiger partial charge in [0.15, 0.2) is 11.5 Å². The van der Waals surface area contributed by atoms with Crippen molar-refractivity contribution < 1.29 is 29.9 Å². The van der Waals surface area contributed by atoms with Crippen LogP contribution in [-0.4, -0.2) is 45.8 Å². The normalized spacial score (nSPS) is 24.2. The van der Waals surface area contributed by atoms with E-state index in [9.17, 15) is 20.4 Å². The van der Waals surface area contributed by atoms with E-state index in [-0.39, 0.29) is 11.5 Å². The summed E-state index contributed by atoms with van der Waals surface area (Å²) in [7, 11) is 1.47.